The van der Waals surface area contributed by atoms with Crippen LogP contribution in [0.5, 0.6) is 0 Å². The van der Waals surface area contributed by atoms with Gasteiger partial charge in [0.05, 0.1) is 6.10 Å². The molecule has 1 fully saturated rings. The Balaban J connectivity index is 2.05. The first kappa shape index (κ1) is 16.3. The fraction of sp³-hybridized carbons (Fsp3) is 0.667. The van der Waals surface area contributed by atoms with E-state index in [2.05, 4.69) is 43.9 Å². The molecule has 3 nitrogen and oxygen atoms in total. The lowest BCUT2D eigenvalue weighted by Gasteiger charge is -2.34. The minimum absolute atomic E-state index is 0.270. The van der Waals surface area contributed by atoms with Crippen molar-refractivity contribution in [3.05, 3.63) is 29.3 Å². The number of anilines is 1. The number of hydrogen-bond donors (Lipinski definition) is 1. The van der Waals surface area contributed by atoms with Crippen LogP contribution in [0.1, 0.15) is 44.2 Å². The molecule has 3 heteroatoms. The quantitative estimate of drug-likeness (QED) is 0.874. The van der Waals surface area contributed by atoms with Crippen molar-refractivity contribution in [1.82, 2.24) is 0 Å². The highest BCUT2D eigenvalue weighted by Gasteiger charge is 2.20. The zero-order valence-corrected chi connectivity index (χ0v) is 13.8. The summed E-state index contributed by atoms with van der Waals surface area (Å²) in [4.78, 5) is 2.46. The molecule has 1 aliphatic rings. The maximum Gasteiger partial charge on any atom is 0.0750 e. The molecule has 0 spiro atoms. The van der Waals surface area contributed by atoms with Gasteiger partial charge in [-0.15, -0.1) is 0 Å². The van der Waals surface area contributed by atoms with Gasteiger partial charge in [0.1, 0.15) is 0 Å². The Hall–Kier alpha value is -1.06. The van der Waals surface area contributed by atoms with Gasteiger partial charge in [-0.2, -0.15) is 0 Å². The molecule has 2 unspecified atom stereocenters. The first-order valence-corrected chi connectivity index (χ1v) is 8.35. The highest BCUT2D eigenvalue weighted by Crippen LogP contribution is 2.24. The zero-order valence-electron chi connectivity index (χ0n) is 13.8. The third kappa shape index (κ3) is 4.45. The van der Waals surface area contributed by atoms with E-state index in [0.29, 0.717) is 6.10 Å². The lowest BCUT2D eigenvalue weighted by atomic mass is 9.98. The summed E-state index contributed by atoms with van der Waals surface area (Å²) in [7, 11) is 0. The van der Waals surface area contributed by atoms with E-state index < -0.39 is 0 Å². The standard InChI is InChI=1S/C18H30N2O/c1-4-16(19)12-15-8-9-17(11-14(15)3)20-10-6-7-18(13-20)21-5-2/h8-9,11,16,18H,4-7,10,12-13,19H2,1-3H3. The van der Waals surface area contributed by atoms with E-state index in [4.69, 9.17) is 10.5 Å². The van der Waals surface area contributed by atoms with Crippen molar-refractivity contribution in [1.29, 1.82) is 0 Å². The van der Waals surface area contributed by atoms with E-state index in [1.807, 2.05) is 0 Å². The molecule has 2 rings (SSSR count). The molecule has 2 N–H and O–H groups in total. The second-order valence-electron chi connectivity index (χ2n) is 6.15. The Bertz CT molecular complexity index is 445. The molecule has 21 heavy (non-hydrogen) atoms. The molecular formula is C18H30N2O. The molecule has 2 atom stereocenters. The molecule has 0 saturated carbocycles. The fourth-order valence-corrected chi connectivity index (χ4v) is 3.08. The highest BCUT2D eigenvalue weighted by atomic mass is 16.5. The molecule has 0 aliphatic carbocycles. The van der Waals surface area contributed by atoms with Gasteiger partial charge in [0.2, 0.25) is 0 Å². The molecule has 0 amide bonds. The Morgan fingerprint density at radius 2 is 2.19 bits per heavy atom. The zero-order chi connectivity index (χ0) is 15.2. The number of nitrogens with zero attached hydrogens (tertiary/aromatic N) is 1. The van der Waals surface area contributed by atoms with Crippen molar-refractivity contribution in [2.75, 3.05) is 24.6 Å². The molecule has 1 aromatic carbocycles. The lowest BCUT2D eigenvalue weighted by molar-refractivity contribution is 0.0527. The van der Waals surface area contributed by atoms with Gasteiger partial charge in [0.15, 0.2) is 0 Å². The molecule has 1 aromatic rings. The summed E-state index contributed by atoms with van der Waals surface area (Å²) in [6.07, 6.45) is 4.80. The van der Waals surface area contributed by atoms with E-state index in [-0.39, 0.29) is 6.04 Å². The van der Waals surface area contributed by atoms with Gasteiger partial charge in [-0.25, -0.2) is 0 Å². The van der Waals surface area contributed by atoms with Crippen molar-refractivity contribution in [2.24, 2.45) is 5.73 Å². The Morgan fingerprint density at radius 1 is 1.38 bits per heavy atom. The van der Waals surface area contributed by atoms with Gasteiger partial charge in [-0.3, -0.25) is 0 Å². The number of piperidine rings is 1. The van der Waals surface area contributed by atoms with E-state index in [9.17, 15) is 0 Å². The van der Waals surface area contributed by atoms with Crippen LogP contribution in [0.4, 0.5) is 5.69 Å². The summed E-state index contributed by atoms with van der Waals surface area (Å²) in [5, 5.41) is 0. The Kier molecular flexibility index (Phi) is 6.07. The smallest absolute Gasteiger partial charge is 0.0750 e. The second-order valence-corrected chi connectivity index (χ2v) is 6.15. The predicted octanol–water partition coefficient (Wildman–Crippen LogP) is 3.28. The summed E-state index contributed by atoms with van der Waals surface area (Å²) < 4.78 is 5.80. The third-order valence-electron chi connectivity index (χ3n) is 4.48. The first-order valence-electron chi connectivity index (χ1n) is 8.35. The highest BCUT2D eigenvalue weighted by molar-refractivity contribution is 5.51. The van der Waals surface area contributed by atoms with Crippen molar-refractivity contribution in [2.45, 2.75) is 58.6 Å². The summed E-state index contributed by atoms with van der Waals surface area (Å²) in [6.45, 7) is 9.39. The number of nitrogens with two attached hydrogens (primary N) is 1. The van der Waals surface area contributed by atoms with Crippen LogP contribution < -0.4 is 10.6 Å². The minimum Gasteiger partial charge on any atom is -0.377 e. The van der Waals surface area contributed by atoms with Crippen LogP contribution in [0, 0.1) is 6.92 Å². The summed E-state index contributed by atoms with van der Waals surface area (Å²) in [5.41, 5.74) is 10.1. The number of aryl methyl sites for hydroxylation is 1. The van der Waals surface area contributed by atoms with E-state index in [0.717, 1.165) is 32.5 Å². The molecule has 0 radical (unpaired) electrons. The maximum atomic E-state index is 6.08. The van der Waals surface area contributed by atoms with E-state index >= 15 is 0 Å². The second kappa shape index (κ2) is 7.81. The topological polar surface area (TPSA) is 38.5 Å². The van der Waals surface area contributed by atoms with Crippen molar-refractivity contribution < 1.29 is 4.74 Å². The van der Waals surface area contributed by atoms with Gasteiger partial charge in [-0.1, -0.05) is 13.0 Å². The van der Waals surface area contributed by atoms with E-state index in [1.165, 1.54) is 29.7 Å². The number of ether oxygens (including phenoxy) is 1. The SMILES string of the molecule is CCOC1CCCN(c2ccc(CC(N)CC)c(C)c2)C1. The predicted molar refractivity (Wildman–Crippen MR) is 90.0 cm³/mol. The van der Waals surface area contributed by atoms with Gasteiger partial charge in [0, 0.05) is 31.4 Å². The normalized spacial score (nSPS) is 20.6. The van der Waals surface area contributed by atoms with Crippen LogP contribution in [0.25, 0.3) is 0 Å². The van der Waals surface area contributed by atoms with Gasteiger partial charge in [0.25, 0.3) is 0 Å². The first-order chi connectivity index (χ1) is 10.1. The maximum absolute atomic E-state index is 6.08. The third-order valence-corrected chi connectivity index (χ3v) is 4.48. The van der Waals surface area contributed by atoms with Crippen LogP contribution in [-0.2, 0) is 11.2 Å². The van der Waals surface area contributed by atoms with Crippen LogP contribution in [0.2, 0.25) is 0 Å². The van der Waals surface area contributed by atoms with Gasteiger partial charge >= 0.3 is 0 Å². The largest absolute Gasteiger partial charge is 0.377 e. The molecular weight excluding hydrogens is 260 g/mol. The molecule has 0 bridgehead atoms. The number of hydrogen-bond acceptors (Lipinski definition) is 3. The lowest BCUT2D eigenvalue weighted by Crippen LogP contribution is -2.39. The average molecular weight is 290 g/mol. The van der Waals surface area contributed by atoms with Crippen LogP contribution >= 0.6 is 0 Å². The van der Waals surface area contributed by atoms with Gasteiger partial charge < -0.3 is 15.4 Å². The summed E-state index contributed by atoms with van der Waals surface area (Å²) >= 11 is 0. The van der Waals surface area contributed by atoms with E-state index in [1.54, 1.807) is 0 Å². The van der Waals surface area contributed by atoms with Crippen molar-refractivity contribution in [3.63, 3.8) is 0 Å². The van der Waals surface area contributed by atoms with Crippen LogP contribution in [0.3, 0.4) is 0 Å². The van der Waals surface area contributed by atoms with Crippen LogP contribution in [-0.4, -0.2) is 31.8 Å². The molecule has 1 saturated heterocycles. The molecule has 0 aromatic heterocycles. The molecule has 1 heterocycles. The van der Waals surface area contributed by atoms with Gasteiger partial charge in [-0.05, 0) is 62.8 Å². The summed E-state index contributed by atoms with van der Waals surface area (Å²) in [6, 6.07) is 7.09. The Labute approximate surface area is 129 Å². The number of benzene rings is 1. The van der Waals surface area contributed by atoms with Crippen LogP contribution in [0.15, 0.2) is 18.2 Å². The molecule has 1 aliphatic heterocycles. The fourth-order valence-electron chi connectivity index (χ4n) is 3.08. The molecule has 118 valence electrons. The van der Waals surface area contributed by atoms with Crippen molar-refractivity contribution >= 4 is 5.69 Å². The summed E-state index contributed by atoms with van der Waals surface area (Å²) in [5.74, 6) is 0. The van der Waals surface area contributed by atoms with Crippen molar-refractivity contribution in [3.8, 4) is 0 Å². The Morgan fingerprint density at radius 3 is 2.86 bits per heavy atom. The average Bonchev–Trinajstić information content (AvgIpc) is 2.49. The monoisotopic (exact) mass is 290 g/mol. The minimum atomic E-state index is 0.270. The number of rotatable bonds is 6.